The lowest BCUT2D eigenvalue weighted by molar-refractivity contribution is 0.178. The molecule has 0 radical (unpaired) electrons. The summed E-state index contributed by atoms with van der Waals surface area (Å²) in [5, 5.41) is 6.63. The third-order valence-electron chi connectivity index (χ3n) is 2.12. The normalized spacial score (nSPS) is 10.5. The Balaban J connectivity index is 1.92. The van der Waals surface area contributed by atoms with Crippen molar-refractivity contribution < 1.29 is 9.26 Å². The molecule has 0 aromatic carbocycles. The second-order valence-corrected chi connectivity index (χ2v) is 3.54. The Morgan fingerprint density at radius 2 is 2.33 bits per heavy atom. The quantitative estimate of drug-likeness (QED) is 0.749. The summed E-state index contributed by atoms with van der Waals surface area (Å²) < 4.78 is 9.84. The van der Waals surface area contributed by atoms with Crippen LogP contribution in [0, 0.1) is 0 Å². The molecule has 0 aliphatic heterocycles. The highest BCUT2D eigenvalue weighted by Crippen LogP contribution is 2.09. The number of hydrogen-bond donors (Lipinski definition) is 2. The van der Waals surface area contributed by atoms with Crippen LogP contribution in [0.3, 0.4) is 0 Å². The first-order valence-corrected chi connectivity index (χ1v) is 5.39. The lowest BCUT2D eigenvalue weighted by atomic mass is 10.4. The molecule has 3 N–H and O–H groups in total. The minimum Gasteiger partial charge on any atom is -0.384 e. The Bertz CT molecular complexity index is 487. The van der Waals surface area contributed by atoms with Gasteiger partial charge in [-0.05, 0) is 0 Å². The number of nitrogens with one attached hydrogen (secondary N) is 1. The molecule has 0 atom stereocenters. The summed E-state index contributed by atoms with van der Waals surface area (Å²) in [7, 11) is 1.58. The molecular formula is C10H14N6O2. The van der Waals surface area contributed by atoms with E-state index in [9.17, 15) is 0 Å². The first kappa shape index (κ1) is 12.2. The van der Waals surface area contributed by atoms with E-state index < -0.39 is 0 Å². The van der Waals surface area contributed by atoms with Gasteiger partial charge in [0.1, 0.15) is 18.2 Å². The molecule has 0 aliphatic carbocycles. The van der Waals surface area contributed by atoms with Gasteiger partial charge < -0.3 is 20.3 Å². The molecular weight excluding hydrogens is 236 g/mol. The molecule has 2 heterocycles. The van der Waals surface area contributed by atoms with Crippen LogP contribution in [0.1, 0.15) is 11.7 Å². The molecule has 0 unspecified atom stereocenters. The van der Waals surface area contributed by atoms with Crippen molar-refractivity contribution in [2.24, 2.45) is 0 Å². The number of hydrogen-bond acceptors (Lipinski definition) is 8. The third kappa shape index (κ3) is 3.39. The predicted molar refractivity (Wildman–Crippen MR) is 63.6 cm³/mol. The van der Waals surface area contributed by atoms with Crippen LogP contribution in [0.4, 0.5) is 11.6 Å². The van der Waals surface area contributed by atoms with Gasteiger partial charge in [0.05, 0.1) is 0 Å². The molecule has 0 spiro atoms. The van der Waals surface area contributed by atoms with Gasteiger partial charge in [0, 0.05) is 26.1 Å². The summed E-state index contributed by atoms with van der Waals surface area (Å²) in [6, 6.07) is 1.66. The smallest absolute Gasteiger partial charge is 0.228 e. The van der Waals surface area contributed by atoms with Gasteiger partial charge in [-0.1, -0.05) is 5.16 Å². The highest BCUT2D eigenvalue weighted by molar-refractivity contribution is 5.44. The van der Waals surface area contributed by atoms with Crippen LogP contribution in [0.5, 0.6) is 0 Å². The topological polar surface area (TPSA) is 112 Å². The minimum atomic E-state index is 0.323. The lowest BCUT2D eigenvalue weighted by Gasteiger charge is -2.06. The van der Waals surface area contributed by atoms with Crippen molar-refractivity contribution in [3.63, 3.8) is 0 Å². The fourth-order valence-electron chi connectivity index (χ4n) is 1.41. The standard InChI is InChI=1S/C10H14N6O2/c1-17-5-9-15-7(11)4-8(16-9)12-3-2-10-13-6-14-18-10/h4,6H,2-3,5H2,1H3,(H3,11,12,15,16). The molecule has 2 aromatic rings. The lowest BCUT2D eigenvalue weighted by Crippen LogP contribution is -2.10. The van der Waals surface area contributed by atoms with Crippen molar-refractivity contribution in [2.45, 2.75) is 13.0 Å². The zero-order valence-corrected chi connectivity index (χ0v) is 9.96. The Labute approximate surface area is 104 Å². The van der Waals surface area contributed by atoms with Gasteiger partial charge in [0.2, 0.25) is 5.89 Å². The first-order chi connectivity index (χ1) is 8.78. The first-order valence-electron chi connectivity index (χ1n) is 5.39. The average Bonchev–Trinajstić information content (AvgIpc) is 2.82. The number of nitrogens with zero attached hydrogens (tertiary/aromatic N) is 4. The van der Waals surface area contributed by atoms with Gasteiger partial charge in [-0.25, -0.2) is 9.97 Å². The summed E-state index contributed by atoms with van der Waals surface area (Å²) >= 11 is 0. The van der Waals surface area contributed by atoms with Crippen molar-refractivity contribution in [1.82, 2.24) is 20.1 Å². The largest absolute Gasteiger partial charge is 0.384 e. The van der Waals surface area contributed by atoms with Gasteiger partial charge in [-0.15, -0.1) is 0 Å². The molecule has 0 saturated carbocycles. The summed E-state index contributed by atoms with van der Waals surface area (Å²) in [6.07, 6.45) is 1.98. The van der Waals surface area contributed by atoms with Gasteiger partial charge in [-0.3, -0.25) is 0 Å². The zero-order chi connectivity index (χ0) is 12.8. The third-order valence-corrected chi connectivity index (χ3v) is 2.12. The predicted octanol–water partition coefficient (Wildman–Crippen LogP) is 0.243. The fourth-order valence-corrected chi connectivity index (χ4v) is 1.41. The molecule has 2 aromatic heterocycles. The molecule has 96 valence electrons. The van der Waals surface area contributed by atoms with Crippen molar-refractivity contribution in [3.05, 3.63) is 24.1 Å². The Morgan fingerprint density at radius 3 is 3.06 bits per heavy atom. The molecule has 8 heteroatoms. The Hall–Kier alpha value is -2.22. The number of anilines is 2. The summed E-state index contributed by atoms with van der Waals surface area (Å²) in [6.45, 7) is 0.939. The van der Waals surface area contributed by atoms with E-state index in [1.807, 2.05) is 0 Å². The molecule has 0 aliphatic rings. The Morgan fingerprint density at radius 1 is 1.44 bits per heavy atom. The summed E-state index contributed by atoms with van der Waals surface area (Å²) in [5.41, 5.74) is 5.67. The SMILES string of the molecule is COCc1nc(N)cc(NCCc2ncno2)n1. The monoisotopic (exact) mass is 250 g/mol. The maximum absolute atomic E-state index is 5.67. The number of nitrogens with two attached hydrogens (primary N) is 1. The van der Waals surface area contributed by atoms with E-state index in [0.29, 0.717) is 42.9 Å². The minimum absolute atomic E-state index is 0.323. The van der Waals surface area contributed by atoms with Crippen molar-refractivity contribution in [2.75, 3.05) is 24.7 Å². The van der Waals surface area contributed by atoms with Crippen LogP contribution in [0.2, 0.25) is 0 Å². The highest BCUT2D eigenvalue weighted by atomic mass is 16.5. The highest BCUT2D eigenvalue weighted by Gasteiger charge is 2.03. The van der Waals surface area contributed by atoms with E-state index >= 15 is 0 Å². The van der Waals surface area contributed by atoms with Crippen LogP contribution in [0.25, 0.3) is 0 Å². The van der Waals surface area contributed by atoms with Crippen LogP contribution in [-0.2, 0) is 17.8 Å². The average molecular weight is 250 g/mol. The molecule has 2 rings (SSSR count). The fraction of sp³-hybridized carbons (Fsp3) is 0.400. The molecule has 0 bridgehead atoms. The van der Waals surface area contributed by atoms with Crippen molar-refractivity contribution >= 4 is 11.6 Å². The number of nitrogen functional groups attached to an aromatic ring is 1. The van der Waals surface area contributed by atoms with Gasteiger partial charge in [0.15, 0.2) is 12.2 Å². The van der Waals surface area contributed by atoms with E-state index in [4.69, 9.17) is 15.0 Å². The van der Waals surface area contributed by atoms with Gasteiger partial charge in [0.25, 0.3) is 0 Å². The van der Waals surface area contributed by atoms with E-state index in [-0.39, 0.29) is 0 Å². The summed E-state index contributed by atoms with van der Waals surface area (Å²) in [4.78, 5) is 12.2. The maximum Gasteiger partial charge on any atom is 0.228 e. The molecule has 0 amide bonds. The second kappa shape index (κ2) is 5.92. The van der Waals surface area contributed by atoms with E-state index in [0.717, 1.165) is 0 Å². The molecule has 8 nitrogen and oxygen atoms in total. The van der Waals surface area contributed by atoms with Crippen molar-refractivity contribution in [3.8, 4) is 0 Å². The van der Waals surface area contributed by atoms with Crippen molar-refractivity contribution in [1.29, 1.82) is 0 Å². The molecule has 18 heavy (non-hydrogen) atoms. The van der Waals surface area contributed by atoms with E-state index in [1.165, 1.54) is 6.33 Å². The molecule has 0 fully saturated rings. The van der Waals surface area contributed by atoms with E-state index in [1.54, 1.807) is 13.2 Å². The zero-order valence-electron chi connectivity index (χ0n) is 9.96. The second-order valence-electron chi connectivity index (χ2n) is 3.54. The number of rotatable bonds is 6. The van der Waals surface area contributed by atoms with E-state index in [2.05, 4.69) is 25.4 Å². The number of methoxy groups -OCH3 is 1. The Kier molecular flexibility index (Phi) is 4.02. The number of aromatic nitrogens is 4. The number of ether oxygens (including phenoxy) is 1. The summed E-state index contributed by atoms with van der Waals surface area (Å²) in [5.74, 6) is 2.16. The van der Waals surface area contributed by atoms with Gasteiger partial charge in [-0.2, -0.15) is 4.98 Å². The molecule has 0 saturated heterocycles. The van der Waals surface area contributed by atoms with Crippen LogP contribution >= 0.6 is 0 Å². The van der Waals surface area contributed by atoms with Crippen LogP contribution in [-0.4, -0.2) is 33.8 Å². The van der Waals surface area contributed by atoms with Crippen LogP contribution in [0.15, 0.2) is 16.9 Å². The maximum atomic E-state index is 5.67. The van der Waals surface area contributed by atoms with Gasteiger partial charge >= 0.3 is 0 Å². The van der Waals surface area contributed by atoms with Crippen LogP contribution < -0.4 is 11.1 Å².